The molecule has 0 unspecified atom stereocenters. The van der Waals surface area contributed by atoms with Crippen LogP contribution in [0.15, 0.2) is 48.5 Å². The third-order valence-corrected chi connectivity index (χ3v) is 3.26. The van der Waals surface area contributed by atoms with E-state index in [-0.39, 0.29) is 11.5 Å². The lowest BCUT2D eigenvalue weighted by molar-refractivity contribution is 0.0983. The molecule has 0 bridgehead atoms. The Morgan fingerprint density at radius 3 is 2.11 bits per heavy atom. The SMILES string of the molecule is CCc1ccc(CCC(=O)c2ccc(O)cc2)cc1. The van der Waals surface area contributed by atoms with Gasteiger partial charge < -0.3 is 5.11 Å². The van der Waals surface area contributed by atoms with Crippen molar-refractivity contribution in [2.45, 2.75) is 26.2 Å². The zero-order chi connectivity index (χ0) is 13.7. The molecule has 0 aromatic heterocycles. The maximum atomic E-state index is 12.0. The van der Waals surface area contributed by atoms with E-state index in [1.165, 1.54) is 11.1 Å². The predicted octanol–water partition coefficient (Wildman–Crippen LogP) is 3.77. The molecule has 0 fully saturated rings. The molecule has 0 atom stereocenters. The van der Waals surface area contributed by atoms with Gasteiger partial charge in [-0.2, -0.15) is 0 Å². The number of aryl methyl sites for hydroxylation is 2. The van der Waals surface area contributed by atoms with Crippen LogP contribution in [0.25, 0.3) is 0 Å². The van der Waals surface area contributed by atoms with Crippen molar-refractivity contribution in [2.75, 3.05) is 0 Å². The molecule has 0 aliphatic rings. The molecule has 98 valence electrons. The van der Waals surface area contributed by atoms with Gasteiger partial charge in [0.2, 0.25) is 0 Å². The highest BCUT2D eigenvalue weighted by Crippen LogP contribution is 2.13. The van der Waals surface area contributed by atoms with Crippen molar-refractivity contribution in [3.63, 3.8) is 0 Å². The maximum absolute atomic E-state index is 12.0. The zero-order valence-corrected chi connectivity index (χ0v) is 11.1. The predicted molar refractivity (Wildman–Crippen MR) is 76.6 cm³/mol. The summed E-state index contributed by atoms with van der Waals surface area (Å²) in [5.41, 5.74) is 3.15. The van der Waals surface area contributed by atoms with Gasteiger partial charge in [-0.25, -0.2) is 0 Å². The van der Waals surface area contributed by atoms with E-state index in [9.17, 15) is 9.90 Å². The largest absolute Gasteiger partial charge is 0.508 e. The Morgan fingerprint density at radius 2 is 1.53 bits per heavy atom. The molecule has 0 heterocycles. The number of Topliss-reactive ketones (excluding diaryl/α,β-unsaturated/α-hetero) is 1. The molecule has 0 amide bonds. The fourth-order valence-corrected chi connectivity index (χ4v) is 1.99. The number of phenolic OH excluding ortho intramolecular Hbond substituents is 1. The van der Waals surface area contributed by atoms with E-state index in [0.717, 1.165) is 12.8 Å². The van der Waals surface area contributed by atoms with Crippen LogP contribution in [0.5, 0.6) is 5.75 Å². The van der Waals surface area contributed by atoms with E-state index in [1.54, 1.807) is 24.3 Å². The molecule has 0 saturated heterocycles. The molecule has 2 heteroatoms. The third-order valence-electron chi connectivity index (χ3n) is 3.26. The number of hydrogen-bond donors (Lipinski definition) is 1. The summed E-state index contributed by atoms with van der Waals surface area (Å²) in [5, 5.41) is 9.18. The summed E-state index contributed by atoms with van der Waals surface area (Å²) < 4.78 is 0. The summed E-state index contributed by atoms with van der Waals surface area (Å²) in [7, 11) is 0. The highest BCUT2D eigenvalue weighted by atomic mass is 16.3. The van der Waals surface area contributed by atoms with Crippen LogP contribution in [0.2, 0.25) is 0 Å². The minimum atomic E-state index is 0.111. The number of carbonyl (C=O) groups is 1. The first-order valence-electron chi connectivity index (χ1n) is 6.59. The lowest BCUT2D eigenvalue weighted by Crippen LogP contribution is -2.00. The second-order valence-corrected chi connectivity index (χ2v) is 4.64. The van der Waals surface area contributed by atoms with Crippen LogP contribution < -0.4 is 0 Å². The minimum Gasteiger partial charge on any atom is -0.508 e. The lowest BCUT2D eigenvalue weighted by Gasteiger charge is -2.03. The lowest BCUT2D eigenvalue weighted by atomic mass is 10.0. The van der Waals surface area contributed by atoms with Crippen LogP contribution in [0, 0.1) is 0 Å². The fourth-order valence-electron chi connectivity index (χ4n) is 1.99. The molecular weight excluding hydrogens is 236 g/mol. The van der Waals surface area contributed by atoms with Crippen molar-refractivity contribution in [1.29, 1.82) is 0 Å². The number of hydrogen-bond acceptors (Lipinski definition) is 2. The fraction of sp³-hybridized carbons (Fsp3) is 0.235. The maximum Gasteiger partial charge on any atom is 0.163 e. The van der Waals surface area contributed by atoms with E-state index in [4.69, 9.17) is 0 Å². The molecular formula is C17H18O2. The first-order chi connectivity index (χ1) is 9.19. The second-order valence-electron chi connectivity index (χ2n) is 4.64. The van der Waals surface area contributed by atoms with Crippen molar-refractivity contribution in [1.82, 2.24) is 0 Å². The van der Waals surface area contributed by atoms with Gasteiger partial charge in [-0.15, -0.1) is 0 Å². The molecule has 2 aromatic rings. The van der Waals surface area contributed by atoms with Gasteiger partial charge >= 0.3 is 0 Å². The van der Waals surface area contributed by atoms with Crippen LogP contribution in [0.1, 0.15) is 34.8 Å². The van der Waals surface area contributed by atoms with Gasteiger partial charge in [0.15, 0.2) is 5.78 Å². The summed E-state index contributed by atoms with van der Waals surface area (Å²) in [6.07, 6.45) is 2.28. The van der Waals surface area contributed by atoms with E-state index < -0.39 is 0 Å². The number of rotatable bonds is 5. The Hall–Kier alpha value is -2.09. The summed E-state index contributed by atoms with van der Waals surface area (Å²) in [6.45, 7) is 2.13. The number of phenols is 1. The second kappa shape index (κ2) is 6.19. The number of benzene rings is 2. The molecule has 1 N–H and O–H groups in total. The van der Waals surface area contributed by atoms with Gasteiger partial charge in [0.1, 0.15) is 5.75 Å². The summed E-state index contributed by atoms with van der Waals surface area (Å²) in [6, 6.07) is 14.8. The Bertz CT molecular complexity index is 538. The van der Waals surface area contributed by atoms with Gasteiger partial charge in [-0.1, -0.05) is 31.2 Å². The van der Waals surface area contributed by atoms with E-state index >= 15 is 0 Å². The van der Waals surface area contributed by atoms with Gasteiger partial charge in [0.25, 0.3) is 0 Å². The molecule has 2 nitrogen and oxygen atoms in total. The molecule has 0 aliphatic carbocycles. The minimum absolute atomic E-state index is 0.111. The smallest absolute Gasteiger partial charge is 0.163 e. The Labute approximate surface area is 113 Å². The number of carbonyl (C=O) groups excluding carboxylic acids is 1. The van der Waals surface area contributed by atoms with E-state index in [0.29, 0.717) is 12.0 Å². The van der Waals surface area contributed by atoms with Crippen molar-refractivity contribution in [2.24, 2.45) is 0 Å². The molecule has 0 saturated carbocycles. The highest BCUT2D eigenvalue weighted by molar-refractivity contribution is 5.96. The first-order valence-corrected chi connectivity index (χ1v) is 6.59. The summed E-state index contributed by atoms with van der Waals surface area (Å²) >= 11 is 0. The monoisotopic (exact) mass is 254 g/mol. The quantitative estimate of drug-likeness (QED) is 0.825. The molecule has 0 radical (unpaired) electrons. The number of ketones is 1. The average molecular weight is 254 g/mol. The van der Waals surface area contributed by atoms with E-state index in [1.807, 2.05) is 0 Å². The average Bonchev–Trinajstić information content (AvgIpc) is 2.46. The Balaban J connectivity index is 1.94. The van der Waals surface area contributed by atoms with Gasteiger partial charge in [-0.3, -0.25) is 4.79 Å². The zero-order valence-electron chi connectivity index (χ0n) is 11.1. The van der Waals surface area contributed by atoms with Crippen molar-refractivity contribution in [3.05, 3.63) is 65.2 Å². The highest BCUT2D eigenvalue weighted by Gasteiger charge is 2.06. The molecule has 0 spiro atoms. The van der Waals surface area contributed by atoms with Gasteiger partial charge in [0.05, 0.1) is 0 Å². The van der Waals surface area contributed by atoms with Crippen LogP contribution in [-0.2, 0) is 12.8 Å². The van der Waals surface area contributed by atoms with E-state index in [2.05, 4.69) is 31.2 Å². The molecule has 2 aromatic carbocycles. The number of aromatic hydroxyl groups is 1. The summed E-state index contributed by atoms with van der Waals surface area (Å²) in [5.74, 6) is 0.297. The van der Waals surface area contributed by atoms with Crippen LogP contribution in [0.4, 0.5) is 0 Å². The topological polar surface area (TPSA) is 37.3 Å². The van der Waals surface area contributed by atoms with Crippen molar-refractivity contribution in [3.8, 4) is 5.75 Å². The normalized spacial score (nSPS) is 10.4. The van der Waals surface area contributed by atoms with Gasteiger partial charge in [-0.05, 0) is 48.2 Å². The van der Waals surface area contributed by atoms with Gasteiger partial charge in [0, 0.05) is 12.0 Å². The summed E-state index contributed by atoms with van der Waals surface area (Å²) in [4.78, 5) is 12.0. The first kappa shape index (κ1) is 13.3. The Kier molecular flexibility index (Phi) is 4.35. The third kappa shape index (κ3) is 3.68. The van der Waals surface area contributed by atoms with Crippen LogP contribution in [0.3, 0.4) is 0 Å². The molecule has 2 rings (SSSR count). The van der Waals surface area contributed by atoms with Crippen molar-refractivity contribution < 1.29 is 9.90 Å². The van der Waals surface area contributed by atoms with Crippen LogP contribution in [-0.4, -0.2) is 10.9 Å². The molecule has 0 aliphatic heterocycles. The van der Waals surface area contributed by atoms with Crippen LogP contribution >= 0.6 is 0 Å². The Morgan fingerprint density at radius 1 is 0.947 bits per heavy atom. The molecule has 19 heavy (non-hydrogen) atoms. The standard InChI is InChI=1S/C17H18O2/c1-2-13-3-5-14(6-4-13)7-12-17(19)15-8-10-16(18)11-9-15/h3-6,8-11,18H,2,7,12H2,1H3. The van der Waals surface area contributed by atoms with Crippen molar-refractivity contribution >= 4 is 5.78 Å².